The minimum atomic E-state index is -0.335. The van der Waals surface area contributed by atoms with E-state index in [0.29, 0.717) is 29.3 Å². The smallest absolute Gasteiger partial charge is 0.258 e. The Morgan fingerprint density at radius 3 is 2.35 bits per heavy atom. The molecular formula is C30H25FN2O4. The molecule has 1 aliphatic heterocycles. The molecule has 6 nitrogen and oxygen atoms in total. The van der Waals surface area contributed by atoms with Crippen molar-refractivity contribution in [1.29, 1.82) is 0 Å². The second-order valence-electron chi connectivity index (χ2n) is 8.69. The van der Waals surface area contributed by atoms with Crippen molar-refractivity contribution in [3.8, 4) is 11.5 Å². The van der Waals surface area contributed by atoms with Gasteiger partial charge in [0.15, 0.2) is 11.5 Å². The van der Waals surface area contributed by atoms with E-state index < -0.39 is 0 Å². The van der Waals surface area contributed by atoms with E-state index >= 15 is 0 Å². The van der Waals surface area contributed by atoms with E-state index in [0.717, 1.165) is 16.7 Å². The van der Waals surface area contributed by atoms with Crippen LogP contribution in [0.5, 0.6) is 11.5 Å². The van der Waals surface area contributed by atoms with Crippen molar-refractivity contribution >= 4 is 17.5 Å². The lowest BCUT2D eigenvalue weighted by Gasteiger charge is -2.24. The topological polar surface area (TPSA) is 67.9 Å². The average molecular weight is 497 g/mol. The molecule has 1 aliphatic rings. The van der Waals surface area contributed by atoms with Crippen LogP contribution in [0.2, 0.25) is 0 Å². The maximum atomic E-state index is 13.4. The van der Waals surface area contributed by atoms with Crippen LogP contribution in [0.3, 0.4) is 0 Å². The van der Waals surface area contributed by atoms with Crippen molar-refractivity contribution in [2.45, 2.75) is 19.5 Å². The van der Waals surface area contributed by atoms with Crippen molar-refractivity contribution in [2.24, 2.45) is 0 Å². The largest absolute Gasteiger partial charge is 0.454 e. The number of rotatable bonds is 8. The molecule has 0 aliphatic carbocycles. The van der Waals surface area contributed by atoms with Gasteiger partial charge in [0.1, 0.15) is 5.82 Å². The SMILES string of the molecule is O=C(Cc1cccc(N(Cc2ccc(F)cc2)C(=O)c2ccccc2)c1)NCc1ccc2c(c1)OCO2. The van der Waals surface area contributed by atoms with E-state index in [1.807, 2.05) is 60.7 Å². The molecule has 0 atom stereocenters. The molecule has 5 rings (SSSR count). The molecule has 1 heterocycles. The van der Waals surface area contributed by atoms with E-state index in [1.165, 1.54) is 12.1 Å². The van der Waals surface area contributed by atoms with Gasteiger partial charge < -0.3 is 19.7 Å². The van der Waals surface area contributed by atoms with Gasteiger partial charge in [0.2, 0.25) is 12.7 Å². The van der Waals surface area contributed by atoms with Gasteiger partial charge >= 0.3 is 0 Å². The van der Waals surface area contributed by atoms with Crippen molar-refractivity contribution in [3.63, 3.8) is 0 Å². The van der Waals surface area contributed by atoms with Crippen LogP contribution in [-0.2, 0) is 24.3 Å². The molecule has 0 bridgehead atoms. The number of benzene rings is 4. The summed E-state index contributed by atoms with van der Waals surface area (Å²) in [6, 6.07) is 28.0. The zero-order chi connectivity index (χ0) is 25.6. The maximum absolute atomic E-state index is 13.4. The summed E-state index contributed by atoms with van der Waals surface area (Å²) in [5, 5.41) is 2.93. The average Bonchev–Trinajstić information content (AvgIpc) is 3.40. The van der Waals surface area contributed by atoms with Crippen LogP contribution >= 0.6 is 0 Å². The first-order valence-corrected chi connectivity index (χ1v) is 11.9. The minimum Gasteiger partial charge on any atom is -0.454 e. The number of hydrogen-bond acceptors (Lipinski definition) is 4. The summed E-state index contributed by atoms with van der Waals surface area (Å²) in [4.78, 5) is 27.8. The highest BCUT2D eigenvalue weighted by atomic mass is 19.1. The summed E-state index contributed by atoms with van der Waals surface area (Å²) in [6.45, 7) is 0.818. The quantitative estimate of drug-likeness (QED) is 0.361. The zero-order valence-corrected chi connectivity index (χ0v) is 20.0. The number of halogens is 1. The highest BCUT2D eigenvalue weighted by molar-refractivity contribution is 6.06. The fourth-order valence-electron chi connectivity index (χ4n) is 4.12. The Kier molecular flexibility index (Phi) is 7.12. The molecule has 0 unspecified atom stereocenters. The van der Waals surface area contributed by atoms with Gasteiger partial charge in [0.05, 0.1) is 13.0 Å². The Bertz CT molecular complexity index is 1410. The van der Waals surface area contributed by atoms with Gasteiger partial charge in [-0.25, -0.2) is 4.39 Å². The number of fused-ring (bicyclic) bond motifs is 1. The first-order chi connectivity index (χ1) is 18.0. The number of nitrogens with zero attached hydrogens (tertiary/aromatic N) is 1. The fraction of sp³-hybridized carbons (Fsp3) is 0.133. The van der Waals surface area contributed by atoms with Crippen LogP contribution < -0.4 is 19.7 Å². The molecule has 4 aromatic carbocycles. The number of carbonyl (C=O) groups is 2. The summed E-state index contributed by atoms with van der Waals surface area (Å²) >= 11 is 0. The predicted octanol–water partition coefficient (Wildman–Crippen LogP) is 5.26. The Labute approximate surface area is 214 Å². The molecule has 0 aromatic heterocycles. The Hall–Kier alpha value is -4.65. The summed E-state index contributed by atoms with van der Waals surface area (Å²) in [5.74, 6) is 0.702. The van der Waals surface area contributed by atoms with Crippen LogP contribution in [-0.4, -0.2) is 18.6 Å². The second kappa shape index (κ2) is 11.0. The number of hydrogen-bond donors (Lipinski definition) is 1. The molecular weight excluding hydrogens is 471 g/mol. The predicted molar refractivity (Wildman–Crippen MR) is 138 cm³/mol. The molecule has 0 saturated heterocycles. The number of carbonyl (C=O) groups excluding carboxylic acids is 2. The molecule has 37 heavy (non-hydrogen) atoms. The minimum absolute atomic E-state index is 0.144. The van der Waals surface area contributed by atoms with E-state index in [2.05, 4.69) is 5.32 Å². The molecule has 1 N–H and O–H groups in total. The van der Waals surface area contributed by atoms with E-state index in [-0.39, 0.29) is 37.4 Å². The Morgan fingerprint density at radius 1 is 0.784 bits per heavy atom. The van der Waals surface area contributed by atoms with Gasteiger partial charge in [0.25, 0.3) is 5.91 Å². The molecule has 0 saturated carbocycles. The number of ether oxygens (including phenoxy) is 2. The van der Waals surface area contributed by atoms with E-state index in [9.17, 15) is 14.0 Å². The highest BCUT2D eigenvalue weighted by Gasteiger charge is 2.19. The summed E-state index contributed by atoms with van der Waals surface area (Å²) in [6.07, 6.45) is 0.155. The zero-order valence-electron chi connectivity index (χ0n) is 20.0. The molecule has 0 fully saturated rings. The van der Waals surface area contributed by atoms with Crippen molar-refractivity contribution < 1.29 is 23.5 Å². The number of anilines is 1. The first-order valence-electron chi connectivity index (χ1n) is 11.9. The van der Waals surface area contributed by atoms with Gasteiger partial charge in [-0.15, -0.1) is 0 Å². The number of nitrogens with one attached hydrogen (secondary N) is 1. The van der Waals surface area contributed by atoms with E-state index in [1.54, 1.807) is 29.2 Å². The second-order valence-corrected chi connectivity index (χ2v) is 8.69. The molecule has 0 radical (unpaired) electrons. The van der Waals surface area contributed by atoms with E-state index in [4.69, 9.17) is 9.47 Å². The van der Waals surface area contributed by atoms with Crippen LogP contribution in [0.25, 0.3) is 0 Å². The summed E-state index contributed by atoms with van der Waals surface area (Å²) < 4.78 is 24.2. The van der Waals surface area contributed by atoms with Gasteiger partial charge in [-0.2, -0.15) is 0 Å². The third kappa shape index (κ3) is 5.95. The third-order valence-electron chi connectivity index (χ3n) is 6.03. The summed E-state index contributed by atoms with van der Waals surface area (Å²) in [7, 11) is 0. The molecule has 2 amide bonds. The van der Waals surface area contributed by atoms with Crippen LogP contribution in [0, 0.1) is 5.82 Å². The normalized spacial score (nSPS) is 11.7. The van der Waals surface area contributed by atoms with Crippen molar-refractivity contribution in [1.82, 2.24) is 5.32 Å². The Morgan fingerprint density at radius 2 is 1.54 bits per heavy atom. The van der Waals surface area contributed by atoms with Crippen molar-refractivity contribution in [2.75, 3.05) is 11.7 Å². The monoisotopic (exact) mass is 496 g/mol. The van der Waals surface area contributed by atoms with Crippen molar-refractivity contribution in [3.05, 3.63) is 125 Å². The van der Waals surface area contributed by atoms with Gasteiger partial charge in [0, 0.05) is 17.8 Å². The fourth-order valence-corrected chi connectivity index (χ4v) is 4.12. The molecule has 7 heteroatoms. The highest BCUT2D eigenvalue weighted by Crippen LogP contribution is 2.32. The lowest BCUT2D eigenvalue weighted by atomic mass is 10.1. The van der Waals surface area contributed by atoms with Crippen LogP contribution in [0.1, 0.15) is 27.0 Å². The first kappa shape index (κ1) is 24.1. The molecule has 4 aromatic rings. The lowest BCUT2D eigenvalue weighted by molar-refractivity contribution is -0.120. The van der Waals surface area contributed by atoms with Crippen LogP contribution in [0.15, 0.2) is 97.1 Å². The van der Waals surface area contributed by atoms with Gasteiger partial charge in [-0.3, -0.25) is 9.59 Å². The molecule has 0 spiro atoms. The van der Waals surface area contributed by atoms with Gasteiger partial charge in [-0.05, 0) is 65.2 Å². The van der Waals surface area contributed by atoms with Crippen LogP contribution in [0.4, 0.5) is 10.1 Å². The Balaban J connectivity index is 1.31. The number of amides is 2. The van der Waals surface area contributed by atoms with Gasteiger partial charge in [-0.1, -0.05) is 48.5 Å². The standard InChI is InChI=1S/C30H25FN2O4/c31-25-12-9-21(10-13-25)19-33(30(35)24-6-2-1-3-7-24)26-8-4-5-22(15-26)17-29(34)32-18-23-11-14-27-28(16-23)37-20-36-27/h1-16H,17-20H2,(H,32,34). The lowest BCUT2D eigenvalue weighted by Crippen LogP contribution is -2.30. The molecule has 186 valence electrons. The third-order valence-corrected chi connectivity index (χ3v) is 6.03. The maximum Gasteiger partial charge on any atom is 0.258 e. The summed E-state index contributed by atoms with van der Waals surface area (Å²) in [5.41, 5.74) is 3.66.